The third-order valence-electron chi connectivity index (χ3n) is 18.1. The van der Waals surface area contributed by atoms with Gasteiger partial charge in [-0.15, -0.1) is 13.2 Å². The fourth-order valence-electron chi connectivity index (χ4n) is 13.5. The minimum Gasteiger partial charge on any atom is -0.492 e. The Morgan fingerprint density at radius 1 is 0.443 bits per heavy atom. The number of hydrogen-bond acceptors (Lipinski definition) is 16. The van der Waals surface area contributed by atoms with Gasteiger partial charge in [0, 0.05) is 80.6 Å². The molecule has 3 amide bonds. The summed E-state index contributed by atoms with van der Waals surface area (Å²) in [5.74, 6) is 1.58. The first-order valence-corrected chi connectivity index (χ1v) is 37.3. The molecule has 25 heteroatoms. The van der Waals surface area contributed by atoms with Gasteiger partial charge >= 0.3 is 0 Å². The molecule has 14 rings (SSSR count). The molecule has 0 aliphatic carbocycles. The molecule has 7 aromatic carbocycles. The standard InChI is InChI=1S/C25H25N3O4S.C24H24N4O4S.C23H27N3O4S/c26-24-23-19(16-33(30,31)27-24)9-4-12-22(23)32-15-17-6-5-13-28(14-17)25(29)21-11-3-8-18-7-1-2-10-20(18)21;25-23-21-18(15-33(30,31)27-23)7-3-9-20(21)32-14-16-5-4-12-28(13-16)24(29)22-19-8-2-1-6-17(19)10-11-26-22;24-23-22-19(16-31(28,29)25-23)9-4-10-20(22)30-15-18-8-5-13-26(14-18)21(27)12-11-17-6-2-1-3-7-17/h1-4,7-12,17H,5-6,13-16H2,(H2,26,27);1-3,6-11,16H,4-5,12-15H2,(H2,25,27);1-4,6-7,9-10,18H,5,8,11-16H2,(H2,24,25)/t17-;16-;18-/m000/s1. The van der Waals surface area contributed by atoms with Crippen molar-refractivity contribution >= 4 is 86.8 Å². The van der Waals surface area contributed by atoms with Gasteiger partial charge in [0.05, 0.1) is 53.8 Å². The van der Waals surface area contributed by atoms with E-state index >= 15 is 0 Å². The lowest BCUT2D eigenvalue weighted by Gasteiger charge is -2.33. The second-order valence-corrected chi connectivity index (χ2v) is 30.1. The smallest absolute Gasteiger partial charge is 0.273 e. The van der Waals surface area contributed by atoms with E-state index in [-0.39, 0.29) is 70.2 Å². The molecule has 0 saturated carbocycles. The van der Waals surface area contributed by atoms with Crippen LogP contribution in [0.3, 0.4) is 0 Å². The van der Waals surface area contributed by atoms with Crippen molar-refractivity contribution < 1.29 is 53.8 Å². The Balaban J connectivity index is 0.000000139. The first-order chi connectivity index (χ1) is 46.7. The molecule has 504 valence electrons. The van der Waals surface area contributed by atoms with E-state index in [1.54, 1.807) is 60.8 Å². The van der Waals surface area contributed by atoms with Crippen LogP contribution >= 0.6 is 0 Å². The van der Waals surface area contributed by atoms with Crippen molar-refractivity contribution in [2.45, 2.75) is 68.6 Å². The third-order valence-corrected chi connectivity index (χ3v) is 21.6. The van der Waals surface area contributed by atoms with Crippen LogP contribution in [0.5, 0.6) is 17.2 Å². The summed E-state index contributed by atoms with van der Waals surface area (Å²) in [6.07, 6.45) is 8.50. The molecule has 8 aromatic rings. The predicted octanol–water partition coefficient (Wildman–Crippen LogP) is 8.52. The van der Waals surface area contributed by atoms with Crippen molar-refractivity contribution in [3.05, 3.63) is 214 Å². The number of fused-ring (bicyclic) bond motifs is 5. The summed E-state index contributed by atoms with van der Waals surface area (Å²) in [7, 11) is -10.8. The van der Waals surface area contributed by atoms with Gasteiger partial charge in [-0.3, -0.25) is 19.4 Å². The number of piperidine rings is 3. The molecule has 0 radical (unpaired) electrons. The number of nitrogens with zero attached hydrogens (tertiary/aromatic N) is 7. The second-order valence-electron chi connectivity index (χ2n) is 25.2. The molecule has 0 spiro atoms. The van der Waals surface area contributed by atoms with Crippen LogP contribution in [0.15, 0.2) is 177 Å². The van der Waals surface area contributed by atoms with E-state index in [4.69, 9.17) is 31.4 Å². The molecule has 6 N–H and O–H groups in total. The van der Waals surface area contributed by atoms with Gasteiger partial charge in [-0.25, -0.2) is 25.3 Å². The normalized spacial score (nSPS) is 19.7. The van der Waals surface area contributed by atoms with Crippen LogP contribution in [0, 0.1) is 17.8 Å². The fraction of sp³-hybridized carbons (Fsp3) is 0.319. The summed E-state index contributed by atoms with van der Waals surface area (Å²) in [4.78, 5) is 49.3. The maximum absolute atomic E-state index is 13.3. The highest BCUT2D eigenvalue weighted by molar-refractivity contribution is 7.90. The number of amidine groups is 3. The zero-order valence-corrected chi connectivity index (χ0v) is 55.9. The number of likely N-dealkylation sites (tertiary alicyclic amines) is 3. The van der Waals surface area contributed by atoms with Crippen LogP contribution in [0.1, 0.15) is 105 Å². The van der Waals surface area contributed by atoms with Gasteiger partial charge in [0.1, 0.15) is 40.4 Å². The number of aromatic nitrogens is 1. The number of sulfonamides is 3. The summed E-state index contributed by atoms with van der Waals surface area (Å²) in [5.41, 5.74) is 23.6. The monoisotopic (exact) mass is 1370 g/mol. The number of nitrogens with two attached hydrogens (primary N) is 3. The number of aryl methyl sites for hydroxylation is 1. The van der Waals surface area contributed by atoms with Crippen molar-refractivity contribution in [1.82, 2.24) is 19.7 Å². The number of ether oxygens (including phenoxy) is 3. The summed E-state index contributed by atoms with van der Waals surface area (Å²) < 4.78 is 100. The minimum absolute atomic E-state index is 0.0294. The van der Waals surface area contributed by atoms with Crippen LogP contribution in [0.25, 0.3) is 21.5 Å². The van der Waals surface area contributed by atoms with Crippen molar-refractivity contribution in [2.24, 2.45) is 48.1 Å². The summed E-state index contributed by atoms with van der Waals surface area (Å²) >= 11 is 0. The van der Waals surface area contributed by atoms with Crippen molar-refractivity contribution in [2.75, 3.05) is 59.1 Å². The Kier molecular flexibility index (Phi) is 20.3. The quantitative estimate of drug-likeness (QED) is 0.0918. The zero-order chi connectivity index (χ0) is 67.8. The summed E-state index contributed by atoms with van der Waals surface area (Å²) in [6.45, 7) is 5.27. The van der Waals surface area contributed by atoms with E-state index in [0.29, 0.717) is 109 Å². The molecule has 6 aliphatic heterocycles. The molecule has 1 aromatic heterocycles. The molecule has 3 fully saturated rings. The third kappa shape index (κ3) is 16.2. The molecule has 3 atom stereocenters. The number of hydrogen-bond donors (Lipinski definition) is 3. The van der Waals surface area contributed by atoms with E-state index in [1.165, 1.54) is 5.56 Å². The second kappa shape index (κ2) is 29.3. The molecule has 97 heavy (non-hydrogen) atoms. The van der Waals surface area contributed by atoms with Gasteiger partial charge in [0.2, 0.25) is 5.91 Å². The van der Waals surface area contributed by atoms with E-state index in [9.17, 15) is 39.6 Å². The maximum atomic E-state index is 13.3. The van der Waals surface area contributed by atoms with Gasteiger partial charge in [-0.1, -0.05) is 127 Å². The Bertz CT molecular complexity index is 4540. The van der Waals surface area contributed by atoms with E-state index in [2.05, 4.69) is 18.2 Å². The molecule has 0 unspecified atom stereocenters. The fourth-order valence-corrected chi connectivity index (χ4v) is 16.8. The number of rotatable bonds is 14. The summed E-state index contributed by atoms with van der Waals surface area (Å²) in [6, 6.07) is 49.2. The number of carbonyl (C=O) groups excluding carboxylic acids is 3. The molecule has 6 aliphatic rings. The van der Waals surface area contributed by atoms with Gasteiger partial charge in [-0.05, 0) is 114 Å². The van der Waals surface area contributed by atoms with Crippen LogP contribution in [-0.2, 0) is 58.5 Å². The van der Waals surface area contributed by atoms with Crippen molar-refractivity contribution in [3.8, 4) is 17.2 Å². The van der Waals surface area contributed by atoms with Crippen LogP contribution in [-0.4, -0.2) is 139 Å². The topological polar surface area (TPSA) is 319 Å². The number of carbonyl (C=O) groups is 3. The highest BCUT2D eigenvalue weighted by Gasteiger charge is 2.33. The number of benzene rings is 7. The number of pyridine rings is 1. The maximum Gasteiger partial charge on any atom is 0.273 e. The van der Waals surface area contributed by atoms with Crippen molar-refractivity contribution in [1.29, 1.82) is 0 Å². The average molecular weight is 1370 g/mol. The Morgan fingerprint density at radius 3 is 1.34 bits per heavy atom. The lowest BCUT2D eigenvalue weighted by atomic mass is 9.97. The van der Waals surface area contributed by atoms with E-state index < -0.39 is 30.1 Å². The number of amides is 3. The molecule has 3 saturated heterocycles. The SMILES string of the molecule is NC1=NS(=O)(=O)Cc2cccc(OC[C@H]3CCCN(C(=O)CCc4ccccc4)C3)c21.NC1=NS(=O)(=O)Cc2cccc(OC[C@H]3CCCN(C(=O)c4cccc5ccccc45)C3)c21.NC1=NS(=O)(=O)Cc2cccc(OC[C@H]3CCCN(C(=O)c4nccc5ccccc45)C3)c21. The summed E-state index contributed by atoms with van der Waals surface area (Å²) in [5, 5.41) is 3.85. The highest BCUT2D eigenvalue weighted by atomic mass is 32.2. The average Bonchev–Trinajstić information content (AvgIpc) is 0.822. The van der Waals surface area contributed by atoms with E-state index in [0.717, 1.165) is 85.1 Å². The Hall–Kier alpha value is -9.72. The molecular weight excluding hydrogens is 1290 g/mol. The Labute approximate surface area is 564 Å². The van der Waals surface area contributed by atoms with Gasteiger partial charge in [0.25, 0.3) is 41.9 Å². The van der Waals surface area contributed by atoms with Gasteiger partial charge in [0.15, 0.2) is 0 Å². The van der Waals surface area contributed by atoms with Gasteiger partial charge in [-0.2, -0.15) is 0 Å². The predicted molar refractivity (Wildman–Crippen MR) is 373 cm³/mol. The zero-order valence-electron chi connectivity index (χ0n) is 53.4. The molecule has 7 heterocycles. The molecular formula is C72H76N10O12S3. The van der Waals surface area contributed by atoms with E-state index in [1.807, 2.05) is 118 Å². The first kappa shape index (κ1) is 67.3. The van der Waals surface area contributed by atoms with Crippen molar-refractivity contribution in [3.63, 3.8) is 0 Å². The van der Waals surface area contributed by atoms with Crippen LogP contribution < -0.4 is 31.4 Å². The lowest BCUT2D eigenvalue weighted by Crippen LogP contribution is -2.42. The van der Waals surface area contributed by atoms with Crippen LogP contribution in [0.2, 0.25) is 0 Å². The largest absolute Gasteiger partial charge is 0.492 e. The van der Waals surface area contributed by atoms with Crippen LogP contribution in [0.4, 0.5) is 0 Å². The Morgan fingerprint density at radius 2 is 0.845 bits per heavy atom. The van der Waals surface area contributed by atoms with Gasteiger partial charge < -0.3 is 46.1 Å². The first-order valence-electron chi connectivity index (χ1n) is 32.4. The molecule has 22 nitrogen and oxygen atoms in total. The molecule has 0 bridgehead atoms. The highest BCUT2D eigenvalue weighted by Crippen LogP contribution is 2.34. The minimum atomic E-state index is -3.60. The lowest BCUT2D eigenvalue weighted by molar-refractivity contribution is -0.133.